The Labute approximate surface area is 672 Å². The zero-order chi connectivity index (χ0) is 78.4. The standard InChI is InChI=1S/2C34H23F3N.C15H28O2.C13H24O2.2Ir/c2*1-21-16-22(2)18-25(17-21)33-32-24(14-15-38-33)19-30(31-20-26(34(35,36)37)12-13-29(31)32)28-11-7-6-10-27(28)23-8-4-3-5-9-23;1-7-14(5,8-2)12(16)11-13(17)15(6,9-3)10-4;1-5-10(6-2)12(14)9-13(15)11(7-3)8-4;;/h2*3-17,19-20H,1-2H3;11,16H,7-10H2,1-6H3;9-11,14H,5-8H2,1-4H3;;/q2*-1;;;;. The minimum Gasteiger partial charge on any atom is -0.512 e. The molecule has 110 heavy (non-hydrogen) atoms. The normalized spacial score (nSPS) is 12.0. The first kappa shape index (κ1) is 88.1. The Hall–Kier alpha value is -9.16. The van der Waals surface area contributed by atoms with Gasteiger partial charge in [-0.05, 0) is 199 Å². The fourth-order valence-electron chi connectivity index (χ4n) is 14.1. The van der Waals surface area contributed by atoms with Crippen LogP contribution in [-0.4, -0.2) is 31.7 Å². The number of nitrogens with zero attached hydrogens (tertiary/aromatic N) is 2. The summed E-state index contributed by atoms with van der Waals surface area (Å²) in [4.78, 5) is 33.3. The first-order chi connectivity index (χ1) is 51.5. The van der Waals surface area contributed by atoms with E-state index >= 15 is 0 Å². The van der Waals surface area contributed by atoms with Crippen LogP contribution >= 0.6 is 0 Å². The van der Waals surface area contributed by atoms with E-state index in [9.17, 15) is 46.1 Å². The molecule has 0 amide bonds. The van der Waals surface area contributed by atoms with E-state index in [0.29, 0.717) is 22.2 Å². The van der Waals surface area contributed by atoms with Gasteiger partial charge in [-0.1, -0.05) is 218 Å². The van der Waals surface area contributed by atoms with Crippen molar-refractivity contribution in [2.75, 3.05) is 0 Å². The number of rotatable bonds is 20. The summed E-state index contributed by atoms with van der Waals surface area (Å²) in [6, 6.07) is 66.3. The van der Waals surface area contributed by atoms with E-state index in [0.717, 1.165) is 174 Å². The molecular weight excluding hydrogens is 1740 g/mol. The fraction of sp³-hybridized carbons (Fsp3) is 0.292. The summed E-state index contributed by atoms with van der Waals surface area (Å²) >= 11 is 0. The molecule has 0 bridgehead atoms. The number of carbonyl (C=O) groups is 2. The summed E-state index contributed by atoms with van der Waals surface area (Å²) in [7, 11) is 0. The monoisotopic (exact) mass is 1840 g/mol. The predicted molar refractivity (Wildman–Crippen MR) is 435 cm³/mol. The number of benzene rings is 10. The van der Waals surface area contributed by atoms with Crippen LogP contribution in [0.2, 0.25) is 0 Å². The van der Waals surface area contributed by atoms with Gasteiger partial charge < -0.3 is 20.2 Å². The van der Waals surface area contributed by atoms with Gasteiger partial charge in [-0.25, -0.2) is 0 Å². The molecule has 2 radical (unpaired) electrons. The summed E-state index contributed by atoms with van der Waals surface area (Å²) in [5.74, 6) is 0.833. The molecule has 0 atom stereocenters. The van der Waals surface area contributed by atoms with Gasteiger partial charge in [-0.2, -0.15) is 26.3 Å². The third-order valence-corrected chi connectivity index (χ3v) is 21.5. The number of aliphatic hydroxyl groups excluding tert-OH is 2. The summed E-state index contributed by atoms with van der Waals surface area (Å²) in [5.41, 5.74) is 12.4. The van der Waals surface area contributed by atoms with Crippen LogP contribution in [0, 0.1) is 62.5 Å². The van der Waals surface area contributed by atoms with Gasteiger partial charge in [0.2, 0.25) is 0 Å². The Morgan fingerprint density at radius 2 is 0.782 bits per heavy atom. The number of alkyl halides is 6. The molecule has 0 fully saturated rings. The molecule has 12 rings (SSSR count). The minimum atomic E-state index is -4.46. The van der Waals surface area contributed by atoms with E-state index in [1.54, 1.807) is 24.5 Å². The molecule has 0 saturated heterocycles. The van der Waals surface area contributed by atoms with Gasteiger partial charge in [0.25, 0.3) is 0 Å². The van der Waals surface area contributed by atoms with Gasteiger partial charge in [0.05, 0.1) is 16.9 Å². The van der Waals surface area contributed by atoms with Crippen molar-refractivity contribution in [3.63, 3.8) is 0 Å². The van der Waals surface area contributed by atoms with E-state index in [1.807, 2.05) is 255 Å². The van der Waals surface area contributed by atoms with Gasteiger partial charge in [0.15, 0.2) is 11.6 Å². The summed E-state index contributed by atoms with van der Waals surface area (Å²) in [6.07, 6.45) is 4.25. The molecule has 2 heterocycles. The van der Waals surface area contributed by atoms with Crippen LogP contribution in [0.25, 0.3) is 110 Å². The molecule has 12 aromatic rings. The second kappa shape index (κ2) is 38.7. The van der Waals surface area contributed by atoms with E-state index in [-0.39, 0.29) is 86.0 Å². The van der Waals surface area contributed by atoms with Crippen molar-refractivity contribution in [2.45, 2.75) is 161 Å². The van der Waals surface area contributed by atoms with Gasteiger partial charge >= 0.3 is 12.4 Å². The molecule has 6 nitrogen and oxygen atoms in total. The van der Waals surface area contributed by atoms with Crippen LogP contribution in [-0.2, 0) is 62.2 Å². The SMILES string of the molecule is CCC(C)(CC)C(=O)C=C(O)C(C)(CC)CC.CCC(CC)C(=O)C=C(O)C(CC)CC.Cc1[c-]c(-c2nccc3cc(-c4ccccc4-c4ccccc4)c4cc(C(F)(F)F)ccc4c23)cc(C)c1.Cc1[c-]c(-c2nccc3cc(-c4ccccc4-c4ccccc4)c4cc(C(F)(F)F)ccc4c23)cc(C)c1.[Ir].[Ir]. The number of hydrogen-bond acceptors (Lipinski definition) is 6. The van der Waals surface area contributed by atoms with Crippen LogP contribution in [0.3, 0.4) is 0 Å². The number of aromatic nitrogens is 2. The molecule has 0 saturated carbocycles. The second-order valence-corrected chi connectivity index (χ2v) is 28.6. The van der Waals surface area contributed by atoms with Crippen molar-refractivity contribution in [3.8, 4) is 67.0 Å². The number of pyridine rings is 2. The van der Waals surface area contributed by atoms with Crippen molar-refractivity contribution >= 4 is 54.7 Å². The quantitative estimate of drug-likeness (QED) is 0.0259. The number of allylic oxidation sites excluding steroid dienone is 4. The van der Waals surface area contributed by atoms with Gasteiger partial charge in [-0.3, -0.25) is 9.59 Å². The Kier molecular flexibility index (Phi) is 30.9. The smallest absolute Gasteiger partial charge is 0.416 e. The summed E-state index contributed by atoms with van der Waals surface area (Å²) in [6.45, 7) is 28.1. The molecule has 0 spiro atoms. The molecule has 2 N–H and O–H groups in total. The second-order valence-electron chi connectivity index (χ2n) is 28.6. The van der Waals surface area contributed by atoms with E-state index < -0.39 is 23.5 Å². The van der Waals surface area contributed by atoms with Crippen molar-refractivity contribution in [1.82, 2.24) is 9.97 Å². The van der Waals surface area contributed by atoms with Gasteiger partial charge in [0.1, 0.15) is 5.76 Å². The maximum atomic E-state index is 13.9. The topological polar surface area (TPSA) is 100 Å². The Balaban J connectivity index is 0.000000220. The fourth-order valence-corrected chi connectivity index (χ4v) is 14.1. The van der Waals surface area contributed by atoms with Gasteiger partial charge in [0, 0.05) is 87.4 Å². The maximum Gasteiger partial charge on any atom is 0.416 e. The third-order valence-electron chi connectivity index (χ3n) is 21.5. The molecule has 2 aromatic heterocycles. The number of ketones is 2. The number of hydrogen-bond donors (Lipinski definition) is 2. The summed E-state index contributed by atoms with van der Waals surface area (Å²) < 4.78 is 83.5. The third kappa shape index (κ3) is 20.5. The number of fused-ring (bicyclic) bond motifs is 6. The van der Waals surface area contributed by atoms with Crippen LogP contribution < -0.4 is 0 Å². The zero-order valence-electron chi connectivity index (χ0n) is 65.1. The number of carbonyl (C=O) groups excluding carboxylic acids is 2. The molecule has 10 aromatic carbocycles. The van der Waals surface area contributed by atoms with E-state index in [4.69, 9.17) is 9.97 Å². The summed E-state index contributed by atoms with van der Waals surface area (Å²) in [5, 5.41) is 25.9. The van der Waals surface area contributed by atoms with Crippen LogP contribution in [0.5, 0.6) is 0 Å². The molecule has 0 aliphatic rings. The molecule has 14 heteroatoms. The zero-order valence-corrected chi connectivity index (χ0v) is 69.9. The Morgan fingerprint density at radius 1 is 0.418 bits per heavy atom. The number of aliphatic hydroxyl groups is 2. The molecular formula is C96H98F6Ir2N2O4-2. The Bertz CT molecular complexity index is 4910. The predicted octanol–water partition coefficient (Wildman–Crippen LogP) is 28.2. The largest absolute Gasteiger partial charge is 0.512 e. The average molecular weight is 1840 g/mol. The molecule has 578 valence electrons. The average Bonchev–Trinajstić information content (AvgIpc) is 0.741. The van der Waals surface area contributed by atoms with Crippen molar-refractivity contribution in [1.29, 1.82) is 0 Å². The first-order valence-corrected chi connectivity index (χ1v) is 37.5. The number of halogens is 6. The molecule has 0 aliphatic heterocycles. The van der Waals surface area contributed by atoms with E-state index in [2.05, 4.69) is 12.1 Å². The molecule has 0 unspecified atom stereocenters. The van der Waals surface area contributed by atoms with E-state index in [1.165, 1.54) is 24.3 Å². The van der Waals surface area contributed by atoms with Crippen LogP contribution in [0.1, 0.15) is 154 Å². The van der Waals surface area contributed by atoms with Crippen molar-refractivity contribution in [2.24, 2.45) is 22.7 Å². The van der Waals surface area contributed by atoms with Gasteiger partial charge in [-0.15, -0.1) is 69.8 Å². The molecule has 0 aliphatic carbocycles. The first-order valence-electron chi connectivity index (χ1n) is 37.5. The van der Waals surface area contributed by atoms with Crippen molar-refractivity contribution < 1.29 is 86.4 Å². The minimum absolute atomic E-state index is 0. The maximum absolute atomic E-state index is 13.9. The van der Waals surface area contributed by atoms with Crippen LogP contribution in [0.15, 0.2) is 230 Å². The Morgan fingerprint density at radius 3 is 1.13 bits per heavy atom. The number of aryl methyl sites for hydroxylation is 4. The van der Waals surface area contributed by atoms with Crippen molar-refractivity contribution in [3.05, 3.63) is 276 Å². The van der Waals surface area contributed by atoms with Crippen LogP contribution in [0.4, 0.5) is 26.3 Å².